The summed E-state index contributed by atoms with van der Waals surface area (Å²) in [4.78, 5) is 28.3. The average molecular weight is 369 g/mol. The van der Waals surface area contributed by atoms with Crippen LogP contribution in [0.15, 0.2) is 42.6 Å². The predicted octanol–water partition coefficient (Wildman–Crippen LogP) is 3.24. The second kappa shape index (κ2) is 7.41. The van der Waals surface area contributed by atoms with Gasteiger partial charge in [-0.15, -0.1) is 0 Å². The Kier molecular flexibility index (Phi) is 5.03. The van der Waals surface area contributed by atoms with Crippen molar-refractivity contribution in [2.24, 2.45) is 0 Å². The number of ether oxygens (including phenoxy) is 2. The number of methoxy groups -OCH3 is 2. The minimum atomic E-state index is -0.869. The molecule has 0 aliphatic carbocycles. The summed E-state index contributed by atoms with van der Waals surface area (Å²) in [6.45, 7) is 0. The van der Waals surface area contributed by atoms with E-state index in [0.29, 0.717) is 11.8 Å². The van der Waals surface area contributed by atoms with Crippen LogP contribution in [-0.2, 0) is 15.9 Å². The van der Waals surface area contributed by atoms with Gasteiger partial charge in [-0.3, -0.25) is 4.98 Å². The second-order valence-corrected chi connectivity index (χ2v) is 5.85. The SMILES string of the molecule is COC(=O)c1cc2cc(Cc3ccc(F)cc3)cnc2c(O)c1C(=O)OC. The molecular weight excluding hydrogens is 353 g/mol. The van der Waals surface area contributed by atoms with Gasteiger partial charge in [-0.25, -0.2) is 14.0 Å². The van der Waals surface area contributed by atoms with E-state index in [4.69, 9.17) is 4.74 Å². The number of phenols is 1. The van der Waals surface area contributed by atoms with Gasteiger partial charge in [0, 0.05) is 11.6 Å². The number of pyridine rings is 1. The standard InChI is InChI=1S/C20H16FNO5/c1-26-19(24)15-9-13-8-12(7-11-3-5-14(21)6-4-11)10-22-17(13)18(23)16(15)20(25)27-2/h3-6,8-10,23H,7H2,1-2H3. The molecule has 0 atom stereocenters. The number of carbonyl (C=O) groups is 2. The second-order valence-electron chi connectivity index (χ2n) is 5.85. The maximum Gasteiger partial charge on any atom is 0.342 e. The van der Waals surface area contributed by atoms with E-state index in [9.17, 15) is 19.1 Å². The molecule has 138 valence electrons. The van der Waals surface area contributed by atoms with Crippen LogP contribution >= 0.6 is 0 Å². The summed E-state index contributed by atoms with van der Waals surface area (Å²) in [5.41, 5.74) is 1.41. The number of benzene rings is 2. The first-order chi connectivity index (χ1) is 12.9. The molecule has 0 unspecified atom stereocenters. The number of aromatic nitrogens is 1. The lowest BCUT2D eigenvalue weighted by atomic mass is 9.99. The van der Waals surface area contributed by atoms with Crippen LogP contribution in [0, 0.1) is 5.82 Å². The largest absolute Gasteiger partial charge is 0.505 e. The van der Waals surface area contributed by atoms with Gasteiger partial charge in [0.25, 0.3) is 0 Å². The van der Waals surface area contributed by atoms with Crippen LogP contribution < -0.4 is 0 Å². The highest BCUT2D eigenvalue weighted by molar-refractivity contribution is 6.10. The van der Waals surface area contributed by atoms with Gasteiger partial charge in [0.15, 0.2) is 5.75 Å². The van der Waals surface area contributed by atoms with Crippen molar-refractivity contribution in [3.63, 3.8) is 0 Å². The molecule has 3 aromatic rings. The van der Waals surface area contributed by atoms with E-state index >= 15 is 0 Å². The Labute approximate surface area is 154 Å². The number of rotatable bonds is 4. The van der Waals surface area contributed by atoms with E-state index in [0.717, 1.165) is 18.2 Å². The molecule has 0 bridgehead atoms. The Balaban J connectivity index is 2.11. The maximum absolute atomic E-state index is 13.0. The van der Waals surface area contributed by atoms with Gasteiger partial charge in [-0.1, -0.05) is 12.1 Å². The topological polar surface area (TPSA) is 85.7 Å². The quantitative estimate of drug-likeness (QED) is 0.711. The summed E-state index contributed by atoms with van der Waals surface area (Å²) in [6.07, 6.45) is 2.03. The minimum absolute atomic E-state index is 0.116. The third-order valence-electron chi connectivity index (χ3n) is 4.12. The number of halogens is 1. The first kappa shape index (κ1) is 18.3. The molecule has 1 N–H and O–H groups in total. The molecule has 1 aromatic heterocycles. The molecule has 0 saturated carbocycles. The summed E-state index contributed by atoms with van der Waals surface area (Å²) < 4.78 is 22.4. The molecule has 6 nitrogen and oxygen atoms in total. The number of fused-ring (bicyclic) bond motifs is 1. The zero-order valence-electron chi connectivity index (χ0n) is 14.7. The van der Waals surface area contributed by atoms with Crippen LogP contribution in [-0.4, -0.2) is 36.2 Å². The molecule has 0 aliphatic rings. The Morgan fingerprint density at radius 1 is 1.04 bits per heavy atom. The number of esters is 2. The summed E-state index contributed by atoms with van der Waals surface area (Å²) in [6, 6.07) is 9.23. The van der Waals surface area contributed by atoms with Crippen molar-refractivity contribution in [2.75, 3.05) is 14.2 Å². The van der Waals surface area contributed by atoms with Gasteiger partial charge in [-0.05, 0) is 41.8 Å². The van der Waals surface area contributed by atoms with Crippen LogP contribution in [0.2, 0.25) is 0 Å². The van der Waals surface area contributed by atoms with Crippen molar-refractivity contribution in [3.05, 3.63) is 70.7 Å². The predicted molar refractivity (Wildman–Crippen MR) is 95.3 cm³/mol. The molecular formula is C20H16FNO5. The van der Waals surface area contributed by atoms with Crippen LogP contribution in [0.25, 0.3) is 10.9 Å². The molecule has 3 rings (SSSR count). The lowest BCUT2D eigenvalue weighted by Gasteiger charge is -2.12. The van der Waals surface area contributed by atoms with E-state index < -0.39 is 17.7 Å². The van der Waals surface area contributed by atoms with Crippen molar-refractivity contribution < 1.29 is 28.6 Å². The first-order valence-electron chi connectivity index (χ1n) is 8.00. The number of hydrogen-bond acceptors (Lipinski definition) is 6. The Morgan fingerprint density at radius 2 is 1.70 bits per heavy atom. The van der Waals surface area contributed by atoms with Gasteiger partial charge in [-0.2, -0.15) is 0 Å². The fourth-order valence-corrected chi connectivity index (χ4v) is 2.82. The van der Waals surface area contributed by atoms with E-state index in [1.807, 2.05) is 0 Å². The first-order valence-corrected chi connectivity index (χ1v) is 8.00. The summed E-state index contributed by atoms with van der Waals surface area (Å²) >= 11 is 0. The van der Waals surface area contributed by atoms with Gasteiger partial charge >= 0.3 is 11.9 Å². The molecule has 0 amide bonds. The van der Waals surface area contributed by atoms with Crippen molar-refractivity contribution in [3.8, 4) is 5.75 Å². The lowest BCUT2D eigenvalue weighted by molar-refractivity contribution is 0.0552. The highest BCUT2D eigenvalue weighted by atomic mass is 19.1. The van der Waals surface area contributed by atoms with Crippen molar-refractivity contribution in [2.45, 2.75) is 6.42 Å². The van der Waals surface area contributed by atoms with Gasteiger partial charge in [0.2, 0.25) is 0 Å². The zero-order chi connectivity index (χ0) is 19.6. The number of aromatic hydroxyl groups is 1. The Hall–Kier alpha value is -3.48. The van der Waals surface area contributed by atoms with Crippen molar-refractivity contribution >= 4 is 22.8 Å². The van der Waals surface area contributed by atoms with Crippen molar-refractivity contribution in [1.29, 1.82) is 0 Å². The molecule has 0 aliphatic heterocycles. The smallest absolute Gasteiger partial charge is 0.342 e. The molecule has 0 fully saturated rings. The number of carbonyl (C=O) groups excluding carboxylic acids is 2. The molecule has 7 heteroatoms. The molecule has 27 heavy (non-hydrogen) atoms. The van der Waals surface area contributed by atoms with Crippen molar-refractivity contribution in [1.82, 2.24) is 4.98 Å². The van der Waals surface area contributed by atoms with E-state index in [-0.39, 0.29) is 22.5 Å². The number of hydrogen-bond donors (Lipinski definition) is 1. The van der Waals surface area contributed by atoms with E-state index in [2.05, 4.69) is 9.72 Å². The van der Waals surface area contributed by atoms with Crippen LogP contribution in [0.3, 0.4) is 0 Å². The maximum atomic E-state index is 13.0. The van der Waals surface area contributed by atoms with Crippen LogP contribution in [0.4, 0.5) is 4.39 Å². The summed E-state index contributed by atoms with van der Waals surface area (Å²) in [5, 5.41) is 10.9. The van der Waals surface area contributed by atoms with Gasteiger partial charge < -0.3 is 14.6 Å². The van der Waals surface area contributed by atoms with E-state index in [1.54, 1.807) is 24.4 Å². The Bertz CT molecular complexity index is 1030. The van der Waals surface area contributed by atoms with Crippen LogP contribution in [0.5, 0.6) is 5.75 Å². The monoisotopic (exact) mass is 369 g/mol. The van der Waals surface area contributed by atoms with Gasteiger partial charge in [0.05, 0.1) is 19.8 Å². The van der Waals surface area contributed by atoms with Gasteiger partial charge in [0.1, 0.15) is 16.9 Å². The molecule has 2 aromatic carbocycles. The fourth-order valence-electron chi connectivity index (χ4n) is 2.82. The highest BCUT2D eigenvalue weighted by Gasteiger charge is 2.25. The molecule has 0 radical (unpaired) electrons. The normalized spacial score (nSPS) is 10.6. The molecule has 0 spiro atoms. The summed E-state index contributed by atoms with van der Waals surface area (Å²) in [5.74, 6) is -2.42. The molecule has 1 heterocycles. The average Bonchev–Trinajstić information content (AvgIpc) is 2.68. The van der Waals surface area contributed by atoms with E-state index in [1.165, 1.54) is 25.3 Å². The lowest BCUT2D eigenvalue weighted by Crippen LogP contribution is -2.12. The number of nitrogens with zero attached hydrogens (tertiary/aromatic N) is 1. The third kappa shape index (κ3) is 3.57. The Morgan fingerprint density at radius 3 is 2.33 bits per heavy atom. The van der Waals surface area contributed by atoms with Crippen LogP contribution in [0.1, 0.15) is 31.8 Å². The number of phenolic OH excluding ortho intramolecular Hbond substituents is 1. The third-order valence-corrected chi connectivity index (χ3v) is 4.12. The summed E-state index contributed by atoms with van der Waals surface area (Å²) in [7, 11) is 2.32. The zero-order valence-corrected chi connectivity index (χ0v) is 14.7. The molecule has 0 saturated heterocycles. The minimum Gasteiger partial charge on any atom is -0.505 e. The fraction of sp³-hybridized carbons (Fsp3) is 0.150. The highest BCUT2D eigenvalue weighted by Crippen LogP contribution is 2.32.